The van der Waals surface area contributed by atoms with Crippen LogP contribution in [0.2, 0.25) is 0 Å². The third-order valence-electron chi connectivity index (χ3n) is 5.46. The van der Waals surface area contributed by atoms with Gasteiger partial charge in [0.05, 0.1) is 13.7 Å². The van der Waals surface area contributed by atoms with E-state index in [1.54, 1.807) is 12.0 Å². The molecule has 0 spiro atoms. The van der Waals surface area contributed by atoms with E-state index in [-0.39, 0.29) is 25.5 Å². The summed E-state index contributed by atoms with van der Waals surface area (Å²) in [5.41, 5.74) is 0.917. The van der Waals surface area contributed by atoms with Gasteiger partial charge in [0.2, 0.25) is 5.91 Å². The molecular weight excluding hydrogens is 368 g/mol. The first-order valence-corrected chi connectivity index (χ1v) is 10.1. The molecule has 2 atom stereocenters. The van der Waals surface area contributed by atoms with Crippen molar-refractivity contribution in [1.29, 1.82) is 0 Å². The maximum Gasteiger partial charge on any atom is 0.223 e. The molecule has 1 heterocycles. The number of aryl methyl sites for hydroxylation is 1. The van der Waals surface area contributed by atoms with Crippen molar-refractivity contribution in [2.24, 2.45) is 0 Å². The Hall–Kier alpha value is -2.41. The van der Waals surface area contributed by atoms with Gasteiger partial charge in [0, 0.05) is 19.5 Å². The van der Waals surface area contributed by atoms with Crippen molar-refractivity contribution >= 4 is 5.91 Å². The molecule has 3 N–H and O–H groups in total. The van der Waals surface area contributed by atoms with Gasteiger partial charge in [-0.15, -0.1) is 0 Å². The van der Waals surface area contributed by atoms with Crippen molar-refractivity contribution < 1.29 is 19.7 Å². The highest BCUT2D eigenvalue weighted by Crippen LogP contribution is 2.22. The van der Waals surface area contributed by atoms with Crippen molar-refractivity contribution in [1.82, 2.24) is 10.2 Å². The standard InChI is InChI=1S/C23H30N2O4/c1-29-20-9-5-8-19(14-20)12-13-24-16-23(28)17-25(15-21(23)26)22(27)11-10-18-6-3-2-4-7-18/h2-9,14,21,24,26,28H,10-13,15-17H2,1H3/t21-,23+/m1/s1. The van der Waals surface area contributed by atoms with Gasteiger partial charge in [-0.3, -0.25) is 4.79 Å². The van der Waals surface area contributed by atoms with Crippen molar-refractivity contribution in [3.63, 3.8) is 0 Å². The smallest absolute Gasteiger partial charge is 0.223 e. The summed E-state index contributed by atoms with van der Waals surface area (Å²) >= 11 is 0. The normalized spacial score (nSPS) is 21.3. The van der Waals surface area contributed by atoms with Gasteiger partial charge in [0.25, 0.3) is 0 Å². The minimum absolute atomic E-state index is 0.0415. The molecule has 0 radical (unpaired) electrons. The monoisotopic (exact) mass is 398 g/mol. The Morgan fingerprint density at radius 1 is 1.17 bits per heavy atom. The third kappa shape index (κ3) is 5.79. The average Bonchev–Trinajstić information content (AvgIpc) is 3.05. The Labute approximate surface area is 172 Å². The lowest BCUT2D eigenvalue weighted by atomic mass is 10.0. The number of carbonyl (C=O) groups excluding carboxylic acids is 1. The fourth-order valence-corrected chi connectivity index (χ4v) is 3.66. The lowest BCUT2D eigenvalue weighted by molar-refractivity contribution is -0.131. The number of amides is 1. The maximum atomic E-state index is 12.5. The zero-order valence-electron chi connectivity index (χ0n) is 16.9. The first-order valence-electron chi connectivity index (χ1n) is 10.1. The number of hydrogen-bond donors (Lipinski definition) is 3. The summed E-state index contributed by atoms with van der Waals surface area (Å²) in [5.74, 6) is 0.775. The number of benzene rings is 2. The minimum atomic E-state index is -1.32. The third-order valence-corrected chi connectivity index (χ3v) is 5.46. The highest BCUT2D eigenvalue weighted by Gasteiger charge is 2.45. The highest BCUT2D eigenvalue weighted by molar-refractivity contribution is 5.77. The van der Waals surface area contributed by atoms with Gasteiger partial charge in [-0.1, -0.05) is 42.5 Å². The van der Waals surface area contributed by atoms with Crippen LogP contribution in [0, 0.1) is 0 Å². The van der Waals surface area contributed by atoms with Crippen LogP contribution in [0.4, 0.5) is 0 Å². The van der Waals surface area contributed by atoms with E-state index in [1.807, 2.05) is 54.6 Å². The maximum absolute atomic E-state index is 12.5. The SMILES string of the molecule is COc1cccc(CCNC[C@]2(O)CN(C(=O)CCc3ccccc3)C[C@H]2O)c1. The second-order valence-electron chi connectivity index (χ2n) is 7.66. The average molecular weight is 399 g/mol. The molecule has 2 aromatic carbocycles. The second kappa shape index (κ2) is 9.87. The van der Waals surface area contributed by atoms with E-state index < -0.39 is 11.7 Å². The molecule has 6 heteroatoms. The molecule has 2 aromatic rings. The molecule has 6 nitrogen and oxygen atoms in total. The van der Waals surface area contributed by atoms with Crippen LogP contribution in [-0.2, 0) is 17.6 Å². The van der Waals surface area contributed by atoms with Gasteiger partial charge in [0.1, 0.15) is 17.5 Å². The number of methoxy groups -OCH3 is 1. The molecular formula is C23H30N2O4. The zero-order valence-corrected chi connectivity index (χ0v) is 16.9. The number of nitrogens with zero attached hydrogens (tertiary/aromatic N) is 1. The summed E-state index contributed by atoms with van der Waals surface area (Å²) in [5, 5.41) is 24.4. The fraction of sp³-hybridized carbons (Fsp3) is 0.435. The number of likely N-dealkylation sites (tertiary alicyclic amines) is 1. The van der Waals surface area contributed by atoms with Crippen LogP contribution in [0.3, 0.4) is 0 Å². The summed E-state index contributed by atoms with van der Waals surface area (Å²) in [6.07, 6.45) is 0.857. The molecule has 1 aliphatic rings. The van der Waals surface area contributed by atoms with E-state index in [2.05, 4.69) is 5.32 Å². The summed E-state index contributed by atoms with van der Waals surface area (Å²) in [6, 6.07) is 17.7. The summed E-state index contributed by atoms with van der Waals surface area (Å²) in [4.78, 5) is 14.1. The van der Waals surface area contributed by atoms with Crippen LogP contribution in [-0.4, -0.2) is 66.0 Å². The molecule has 0 aromatic heterocycles. The molecule has 1 amide bonds. The molecule has 156 valence electrons. The molecule has 1 aliphatic heterocycles. The van der Waals surface area contributed by atoms with Crippen molar-refractivity contribution in [3.05, 3.63) is 65.7 Å². The van der Waals surface area contributed by atoms with Crippen LogP contribution in [0.15, 0.2) is 54.6 Å². The second-order valence-corrected chi connectivity index (χ2v) is 7.66. The number of β-amino-alcohol motifs (C(OH)–C–C–N with tert-alkyl or cyclic N) is 2. The van der Waals surface area contributed by atoms with E-state index in [1.165, 1.54) is 0 Å². The summed E-state index contributed by atoms with van der Waals surface area (Å²) in [6.45, 7) is 1.21. The number of ether oxygens (including phenoxy) is 1. The predicted octanol–water partition coefficient (Wildman–Crippen LogP) is 1.39. The lowest BCUT2D eigenvalue weighted by Crippen LogP contribution is -2.50. The van der Waals surface area contributed by atoms with E-state index >= 15 is 0 Å². The molecule has 0 bridgehead atoms. The molecule has 3 rings (SSSR count). The fourth-order valence-electron chi connectivity index (χ4n) is 3.66. The van der Waals surface area contributed by atoms with Crippen LogP contribution in [0.25, 0.3) is 0 Å². The molecule has 0 unspecified atom stereocenters. The van der Waals surface area contributed by atoms with Gasteiger partial charge in [-0.05, 0) is 42.6 Å². The number of carbonyl (C=O) groups is 1. The van der Waals surface area contributed by atoms with Crippen molar-refractivity contribution in [2.45, 2.75) is 31.0 Å². The highest BCUT2D eigenvalue weighted by atomic mass is 16.5. The predicted molar refractivity (Wildman–Crippen MR) is 112 cm³/mol. The molecule has 1 fully saturated rings. The largest absolute Gasteiger partial charge is 0.497 e. The van der Waals surface area contributed by atoms with Crippen LogP contribution < -0.4 is 10.1 Å². The van der Waals surface area contributed by atoms with Crippen LogP contribution in [0.1, 0.15) is 17.5 Å². The Balaban J connectivity index is 1.44. The van der Waals surface area contributed by atoms with Gasteiger partial charge < -0.3 is 25.2 Å². The topological polar surface area (TPSA) is 82.0 Å². The lowest BCUT2D eigenvalue weighted by Gasteiger charge is -2.26. The molecule has 29 heavy (non-hydrogen) atoms. The molecule has 0 saturated carbocycles. The number of nitrogens with one attached hydrogen (secondary N) is 1. The van der Waals surface area contributed by atoms with Gasteiger partial charge in [0.15, 0.2) is 0 Å². The van der Waals surface area contributed by atoms with Gasteiger partial charge >= 0.3 is 0 Å². The Bertz CT molecular complexity index is 798. The van der Waals surface area contributed by atoms with Crippen LogP contribution >= 0.6 is 0 Å². The van der Waals surface area contributed by atoms with Crippen LogP contribution in [0.5, 0.6) is 5.75 Å². The quantitative estimate of drug-likeness (QED) is 0.556. The minimum Gasteiger partial charge on any atom is -0.497 e. The number of aliphatic hydroxyl groups is 2. The van der Waals surface area contributed by atoms with Gasteiger partial charge in [-0.2, -0.15) is 0 Å². The molecule has 1 saturated heterocycles. The summed E-state index contributed by atoms with van der Waals surface area (Å²) in [7, 11) is 1.64. The van der Waals surface area contributed by atoms with E-state index in [4.69, 9.17) is 4.74 Å². The Kier molecular flexibility index (Phi) is 7.25. The van der Waals surface area contributed by atoms with Gasteiger partial charge in [-0.25, -0.2) is 0 Å². The molecule has 0 aliphatic carbocycles. The van der Waals surface area contributed by atoms with Crippen molar-refractivity contribution in [2.75, 3.05) is 33.3 Å². The Morgan fingerprint density at radius 2 is 1.93 bits per heavy atom. The number of hydrogen-bond acceptors (Lipinski definition) is 5. The van der Waals surface area contributed by atoms with E-state index in [0.29, 0.717) is 19.4 Å². The van der Waals surface area contributed by atoms with Crippen molar-refractivity contribution in [3.8, 4) is 5.75 Å². The van der Waals surface area contributed by atoms with E-state index in [9.17, 15) is 15.0 Å². The number of aliphatic hydroxyl groups excluding tert-OH is 1. The Morgan fingerprint density at radius 3 is 2.69 bits per heavy atom. The summed E-state index contributed by atoms with van der Waals surface area (Å²) < 4.78 is 5.22. The van der Waals surface area contributed by atoms with E-state index in [0.717, 1.165) is 23.3 Å². The number of rotatable bonds is 9. The first kappa shape index (κ1) is 21.3. The zero-order chi connectivity index (χ0) is 20.7. The first-order chi connectivity index (χ1) is 14.0.